The third-order valence-electron chi connectivity index (χ3n) is 5.15. The molecular weight excluding hydrogens is 343 g/mol. The second kappa shape index (κ2) is 7.41. The minimum atomic E-state index is -3.86. The van der Waals surface area contributed by atoms with Gasteiger partial charge >= 0.3 is 0 Å². The lowest BCUT2D eigenvalue weighted by atomic mass is 10.0. The number of hydrogen-bond acceptors (Lipinski definition) is 3. The summed E-state index contributed by atoms with van der Waals surface area (Å²) in [7, 11) is -3.86. The minimum absolute atomic E-state index is 0.148. The maximum atomic E-state index is 14.3. The highest BCUT2D eigenvalue weighted by molar-refractivity contribution is 7.89. The SMILES string of the molecule is Cc1ccc(S(=O)(=O)N2CCCCC2CCN2CCCC2=O)c(F)c1. The molecule has 0 bridgehead atoms. The highest BCUT2D eigenvalue weighted by Gasteiger charge is 2.35. The lowest BCUT2D eigenvalue weighted by molar-refractivity contribution is -0.127. The van der Waals surface area contributed by atoms with Crippen molar-refractivity contribution in [2.45, 2.75) is 56.4 Å². The first-order valence-electron chi connectivity index (χ1n) is 8.95. The molecule has 2 fully saturated rings. The van der Waals surface area contributed by atoms with E-state index in [2.05, 4.69) is 0 Å². The van der Waals surface area contributed by atoms with E-state index >= 15 is 0 Å². The number of carbonyl (C=O) groups excluding carboxylic acids is 1. The van der Waals surface area contributed by atoms with Gasteiger partial charge in [0.25, 0.3) is 0 Å². The Morgan fingerprint density at radius 1 is 1.20 bits per heavy atom. The van der Waals surface area contributed by atoms with Crippen LogP contribution in [0.4, 0.5) is 4.39 Å². The molecule has 1 unspecified atom stereocenters. The van der Waals surface area contributed by atoms with Crippen LogP contribution in [0, 0.1) is 12.7 Å². The van der Waals surface area contributed by atoms with Gasteiger partial charge in [0.05, 0.1) is 0 Å². The maximum Gasteiger partial charge on any atom is 0.246 e. The summed E-state index contributed by atoms with van der Waals surface area (Å²) in [6, 6.07) is 4.07. The number of nitrogens with zero attached hydrogens (tertiary/aromatic N) is 2. The molecule has 0 saturated carbocycles. The number of rotatable bonds is 5. The number of sulfonamides is 1. The summed E-state index contributed by atoms with van der Waals surface area (Å²) in [6.45, 7) is 3.47. The first-order chi connectivity index (χ1) is 11.9. The van der Waals surface area contributed by atoms with E-state index in [1.807, 2.05) is 4.90 Å². The van der Waals surface area contributed by atoms with E-state index in [-0.39, 0.29) is 16.8 Å². The van der Waals surface area contributed by atoms with Gasteiger partial charge in [0, 0.05) is 32.1 Å². The molecule has 5 nitrogen and oxygen atoms in total. The standard InChI is InChI=1S/C18H25FN2O3S/c1-14-7-8-17(16(19)13-14)25(23,24)21-11-3-2-5-15(21)9-12-20-10-4-6-18(20)22/h7-8,13,15H,2-6,9-12H2,1H3. The fourth-order valence-electron chi connectivity index (χ4n) is 3.77. The third kappa shape index (κ3) is 3.87. The monoisotopic (exact) mass is 368 g/mol. The predicted octanol–water partition coefficient (Wildman–Crippen LogP) is 2.69. The van der Waals surface area contributed by atoms with Gasteiger partial charge in [0.2, 0.25) is 15.9 Å². The molecule has 2 aliphatic rings. The van der Waals surface area contributed by atoms with Crippen LogP contribution in [0.1, 0.15) is 44.1 Å². The van der Waals surface area contributed by atoms with Gasteiger partial charge in [-0.3, -0.25) is 4.79 Å². The second-order valence-electron chi connectivity index (χ2n) is 6.97. The molecule has 1 amide bonds. The van der Waals surface area contributed by atoms with Crippen LogP contribution in [-0.4, -0.2) is 49.2 Å². The normalized spacial score (nSPS) is 22.6. The Bertz CT molecular complexity index is 751. The molecule has 1 aromatic carbocycles. The number of aryl methyl sites for hydroxylation is 1. The molecule has 138 valence electrons. The van der Waals surface area contributed by atoms with Crippen LogP contribution in [0.2, 0.25) is 0 Å². The van der Waals surface area contributed by atoms with Crippen molar-refractivity contribution in [3.63, 3.8) is 0 Å². The predicted molar refractivity (Wildman–Crippen MR) is 93.1 cm³/mol. The average Bonchev–Trinajstić information content (AvgIpc) is 2.98. The van der Waals surface area contributed by atoms with Crippen molar-refractivity contribution in [2.75, 3.05) is 19.6 Å². The van der Waals surface area contributed by atoms with E-state index < -0.39 is 15.8 Å². The number of hydrogen-bond donors (Lipinski definition) is 0. The fraction of sp³-hybridized carbons (Fsp3) is 0.611. The quantitative estimate of drug-likeness (QED) is 0.803. The maximum absolute atomic E-state index is 14.3. The summed E-state index contributed by atoms with van der Waals surface area (Å²) in [5, 5.41) is 0. The Labute approximate surface area is 148 Å². The summed E-state index contributed by atoms with van der Waals surface area (Å²) in [5.74, 6) is -0.547. The Morgan fingerprint density at radius 3 is 2.68 bits per heavy atom. The summed E-state index contributed by atoms with van der Waals surface area (Å²) in [6.07, 6.45) is 4.57. The molecule has 3 rings (SSSR count). The van der Waals surface area contributed by atoms with Crippen molar-refractivity contribution in [3.8, 4) is 0 Å². The van der Waals surface area contributed by atoms with Crippen molar-refractivity contribution in [1.29, 1.82) is 0 Å². The number of piperidine rings is 1. The number of amides is 1. The zero-order valence-corrected chi connectivity index (χ0v) is 15.4. The van der Waals surface area contributed by atoms with Crippen LogP contribution in [-0.2, 0) is 14.8 Å². The molecule has 2 saturated heterocycles. The van der Waals surface area contributed by atoms with Gasteiger partial charge in [-0.1, -0.05) is 12.5 Å². The Morgan fingerprint density at radius 2 is 2.00 bits per heavy atom. The van der Waals surface area contributed by atoms with Crippen LogP contribution in [0.5, 0.6) is 0 Å². The third-order valence-corrected chi connectivity index (χ3v) is 7.14. The van der Waals surface area contributed by atoms with E-state index in [1.54, 1.807) is 13.0 Å². The molecule has 0 radical (unpaired) electrons. The van der Waals surface area contributed by atoms with Crippen molar-refractivity contribution in [2.24, 2.45) is 0 Å². The van der Waals surface area contributed by atoms with Gasteiger partial charge in [0.1, 0.15) is 10.7 Å². The lowest BCUT2D eigenvalue weighted by Gasteiger charge is -2.35. The zero-order valence-electron chi connectivity index (χ0n) is 14.6. The van der Waals surface area contributed by atoms with E-state index in [9.17, 15) is 17.6 Å². The first kappa shape index (κ1) is 18.3. The molecule has 0 aliphatic carbocycles. The molecule has 7 heteroatoms. The number of halogens is 1. The lowest BCUT2D eigenvalue weighted by Crippen LogP contribution is -2.45. The molecule has 1 aromatic rings. The fourth-order valence-corrected chi connectivity index (χ4v) is 5.54. The van der Waals surface area contributed by atoms with Crippen LogP contribution in [0.25, 0.3) is 0 Å². The van der Waals surface area contributed by atoms with Crippen LogP contribution < -0.4 is 0 Å². The molecule has 1 atom stereocenters. The van der Waals surface area contributed by atoms with Crippen molar-refractivity contribution >= 4 is 15.9 Å². The average molecular weight is 368 g/mol. The van der Waals surface area contributed by atoms with E-state index in [1.165, 1.54) is 16.4 Å². The zero-order chi connectivity index (χ0) is 18.0. The number of carbonyl (C=O) groups is 1. The Balaban J connectivity index is 1.78. The van der Waals surface area contributed by atoms with Crippen LogP contribution in [0.3, 0.4) is 0 Å². The van der Waals surface area contributed by atoms with Gasteiger partial charge in [-0.15, -0.1) is 0 Å². The highest BCUT2D eigenvalue weighted by Crippen LogP contribution is 2.29. The van der Waals surface area contributed by atoms with E-state index in [0.717, 1.165) is 32.2 Å². The Hall–Kier alpha value is -1.47. The largest absolute Gasteiger partial charge is 0.343 e. The molecule has 2 aliphatic heterocycles. The van der Waals surface area contributed by atoms with Gasteiger partial charge in [-0.25, -0.2) is 12.8 Å². The van der Waals surface area contributed by atoms with Gasteiger partial charge in [-0.05, 0) is 50.3 Å². The topological polar surface area (TPSA) is 57.7 Å². The first-order valence-corrected chi connectivity index (χ1v) is 10.4. The van der Waals surface area contributed by atoms with Crippen molar-refractivity contribution < 1.29 is 17.6 Å². The Kier molecular flexibility index (Phi) is 5.43. The summed E-state index contributed by atoms with van der Waals surface area (Å²) < 4.78 is 41.7. The van der Waals surface area contributed by atoms with Crippen LogP contribution >= 0.6 is 0 Å². The summed E-state index contributed by atoms with van der Waals surface area (Å²) in [4.78, 5) is 13.3. The summed E-state index contributed by atoms with van der Waals surface area (Å²) in [5.41, 5.74) is 0.694. The second-order valence-corrected chi connectivity index (χ2v) is 8.83. The van der Waals surface area contributed by atoms with Gasteiger partial charge in [0.15, 0.2) is 0 Å². The smallest absolute Gasteiger partial charge is 0.246 e. The summed E-state index contributed by atoms with van der Waals surface area (Å²) >= 11 is 0. The van der Waals surface area contributed by atoms with E-state index in [4.69, 9.17) is 0 Å². The van der Waals surface area contributed by atoms with E-state index in [0.29, 0.717) is 31.5 Å². The molecule has 0 spiro atoms. The number of likely N-dealkylation sites (tertiary alicyclic amines) is 1. The molecular formula is C18H25FN2O3S. The van der Waals surface area contributed by atoms with Crippen molar-refractivity contribution in [1.82, 2.24) is 9.21 Å². The van der Waals surface area contributed by atoms with Crippen molar-refractivity contribution in [3.05, 3.63) is 29.6 Å². The van der Waals surface area contributed by atoms with Crippen LogP contribution in [0.15, 0.2) is 23.1 Å². The molecule has 0 aromatic heterocycles. The number of benzene rings is 1. The molecule has 25 heavy (non-hydrogen) atoms. The van der Waals surface area contributed by atoms with Gasteiger partial charge < -0.3 is 4.90 Å². The van der Waals surface area contributed by atoms with Gasteiger partial charge in [-0.2, -0.15) is 4.31 Å². The minimum Gasteiger partial charge on any atom is -0.343 e. The molecule has 0 N–H and O–H groups in total. The molecule has 2 heterocycles. The highest BCUT2D eigenvalue weighted by atomic mass is 32.2.